The van der Waals surface area contributed by atoms with Gasteiger partial charge < -0.3 is 9.84 Å². The van der Waals surface area contributed by atoms with Gasteiger partial charge in [0.05, 0.1) is 0 Å². The minimum Gasteiger partial charge on any atom is -0.462 e. The van der Waals surface area contributed by atoms with Gasteiger partial charge in [-0.1, -0.05) is 15.9 Å². The molecule has 1 fully saturated rings. The molecule has 11 heavy (non-hydrogen) atoms. The molecule has 0 saturated heterocycles. The van der Waals surface area contributed by atoms with Gasteiger partial charge in [-0.15, -0.1) is 0 Å². The highest BCUT2D eigenvalue weighted by Crippen LogP contribution is 2.36. The van der Waals surface area contributed by atoms with Crippen molar-refractivity contribution in [1.29, 1.82) is 0 Å². The van der Waals surface area contributed by atoms with Crippen LogP contribution in [0.25, 0.3) is 0 Å². The van der Waals surface area contributed by atoms with Crippen molar-refractivity contribution in [2.24, 2.45) is 0 Å². The quantitative estimate of drug-likeness (QED) is 0.569. The summed E-state index contributed by atoms with van der Waals surface area (Å²) in [5.74, 6) is -0.483. The molecule has 0 heterocycles. The van der Waals surface area contributed by atoms with E-state index in [9.17, 15) is 9.90 Å². The highest BCUT2D eigenvalue weighted by Gasteiger charge is 2.49. The number of hydrogen-bond acceptors (Lipinski definition) is 3. The number of alkyl halides is 1. The second-order valence-electron chi connectivity index (χ2n) is 2.91. The van der Waals surface area contributed by atoms with Crippen LogP contribution in [0.2, 0.25) is 0 Å². The monoisotopic (exact) mass is 222 g/mol. The summed E-state index contributed by atoms with van der Waals surface area (Å²) in [6.07, 6.45) is 1.09. The second kappa shape index (κ2) is 3.11. The smallest absolute Gasteiger partial charge is 0.338 e. The van der Waals surface area contributed by atoms with Crippen LogP contribution in [0.1, 0.15) is 19.8 Å². The fraction of sp³-hybridized carbons (Fsp3) is 0.857. The third-order valence-corrected chi connectivity index (χ3v) is 1.81. The molecule has 1 N–H and O–H groups in total. The number of halogens is 1. The van der Waals surface area contributed by atoms with E-state index in [1.54, 1.807) is 0 Å². The molecule has 1 rings (SSSR count). The molecule has 64 valence electrons. The molecule has 1 aliphatic rings. The van der Waals surface area contributed by atoms with E-state index in [4.69, 9.17) is 4.74 Å². The maximum Gasteiger partial charge on any atom is 0.338 e. The first-order valence-corrected chi connectivity index (χ1v) is 4.50. The van der Waals surface area contributed by atoms with Crippen molar-refractivity contribution in [1.82, 2.24) is 0 Å². The number of carbonyl (C=O) groups excluding carboxylic acids is 1. The highest BCUT2D eigenvalue weighted by atomic mass is 79.9. The van der Waals surface area contributed by atoms with Crippen LogP contribution in [0, 0.1) is 0 Å². The molecule has 0 aromatic carbocycles. The van der Waals surface area contributed by atoms with Crippen molar-refractivity contribution in [3.05, 3.63) is 0 Å². The fourth-order valence-corrected chi connectivity index (χ4v) is 0.780. The first-order valence-electron chi connectivity index (χ1n) is 3.58. The zero-order valence-electron chi connectivity index (χ0n) is 6.34. The van der Waals surface area contributed by atoms with E-state index in [0.717, 1.165) is 0 Å². The van der Waals surface area contributed by atoms with Crippen LogP contribution < -0.4 is 0 Å². The van der Waals surface area contributed by atoms with Crippen molar-refractivity contribution < 1.29 is 14.6 Å². The highest BCUT2D eigenvalue weighted by molar-refractivity contribution is 9.09. The van der Waals surface area contributed by atoms with Crippen LogP contribution in [0.15, 0.2) is 0 Å². The zero-order valence-corrected chi connectivity index (χ0v) is 7.93. The molecule has 0 radical (unpaired) electrons. The molecular weight excluding hydrogens is 212 g/mol. The molecule has 0 aliphatic heterocycles. The second-order valence-corrected chi connectivity index (χ2v) is 4.47. The Labute approximate surface area is 73.9 Å². The van der Waals surface area contributed by atoms with Crippen molar-refractivity contribution in [2.75, 3.05) is 6.61 Å². The number of esters is 1. The molecule has 1 aliphatic carbocycles. The minimum absolute atomic E-state index is 0.147. The molecule has 3 nitrogen and oxygen atoms in total. The third kappa shape index (κ3) is 2.45. The first-order chi connectivity index (χ1) is 5.04. The minimum atomic E-state index is -1.14. The summed E-state index contributed by atoms with van der Waals surface area (Å²) in [6, 6.07) is 0. The maximum absolute atomic E-state index is 10.9. The van der Waals surface area contributed by atoms with Crippen molar-refractivity contribution in [2.45, 2.75) is 30.2 Å². The lowest BCUT2D eigenvalue weighted by Gasteiger charge is -2.08. The lowest BCUT2D eigenvalue weighted by atomic mass is 10.3. The molecule has 0 aromatic heterocycles. The fourth-order valence-electron chi connectivity index (χ4n) is 0.647. The topological polar surface area (TPSA) is 46.5 Å². The van der Waals surface area contributed by atoms with Gasteiger partial charge in [-0.2, -0.15) is 0 Å². The number of ether oxygens (including phenoxy) is 1. The average Bonchev–Trinajstić information content (AvgIpc) is 2.64. The van der Waals surface area contributed by atoms with Gasteiger partial charge >= 0.3 is 5.97 Å². The zero-order chi connectivity index (χ0) is 8.48. The van der Waals surface area contributed by atoms with Crippen LogP contribution in [0.4, 0.5) is 0 Å². The third-order valence-electron chi connectivity index (χ3n) is 1.55. The molecule has 1 saturated carbocycles. The van der Waals surface area contributed by atoms with E-state index >= 15 is 0 Å². The molecule has 0 aromatic rings. The lowest BCUT2D eigenvalue weighted by molar-refractivity contribution is -0.155. The average molecular weight is 223 g/mol. The predicted molar refractivity (Wildman–Crippen MR) is 43.5 cm³/mol. The summed E-state index contributed by atoms with van der Waals surface area (Å²) in [4.78, 5) is 11.1. The molecule has 0 spiro atoms. The normalized spacial score (nSPS) is 22.5. The summed E-state index contributed by atoms with van der Waals surface area (Å²) < 4.78 is 4.79. The standard InChI is InChI=1S/C7H11BrO3/c1-5(8)4-11-6(9)7(10)2-3-7/h5,10H,2-4H2,1H3. The van der Waals surface area contributed by atoms with E-state index in [-0.39, 0.29) is 4.83 Å². The Morgan fingerprint density at radius 1 is 1.82 bits per heavy atom. The van der Waals surface area contributed by atoms with Gasteiger partial charge in [0.25, 0.3) is 0 Å². The Balaban J connectivity index is 2.22. The van der Waals surface area contributed by atoms with Crippen molar-refractivity contribution >= 4 is 21.9 Å². The van der Waals surface area contributed by atoms with Crippen LogP contribution in [0.5, 0.6) is 0 Å². The summed E-state index contributed by atoms with van der Waals surface area (Å²) in [6.45, 7) is 2.20. The van der Waals surface area contributed by atoms with Crippen molar-refractivity contribution in [3.8, 4) is 0 Å². The molecule has 4 heteroatoms. The van der Waals surface area contributed by atoms with Crippen LogP contribution in [0.3, 0.4) is 0 Å². The largest absolute Gasteiger partial charge is 0.462 e. The molecule has 0 bridgehead atoms. The summed E-state index contributed by atoms with van der Waals surface area (Å²) in [5, 5.41) is 9.22. The summed E-state index contributed by atoms with van der Waals surface area (Å²) in [7, 11) is 0. The van der Waals surface area contributed by atoms with E-state index in [2.05, 4.69) is 15.9 Å². The number of aliphatic hydroxyl groups is 1. The van der Waals surface area contributed by atoms with Crippen LogP contribution in [-0.2, 0) is 9.53 Å². The van der Waals surface area contributed by atoms with E-state index in [0.29, 0.717) is 19.4 Å². The van der Waals surface area contributed by atoms with Crippen LogP contribution in [-0.4, -0.2) is 28.1 Å². The Morgan fingerprint density at radius 3 is 2.73 bits per heavy atom. The SMILES string of the molecule is CC(Br)COC(=O)C1(O)CC1. The van der Waals surface area contributed by atoms with Gasteiger partial charge in [0.15, 0.2) is 5.60 Å². The number of carbonyl (C=O) groups is 1. The van der Waals surface area contributed by atoms with E-state index in [1.807, 2.05) is 6.92 Å². The number of rotatable bonds is 3. The Morgan fingerprint density at radius 2 is 2.36 bits per heavy atom. The van der Waals surface area contributed by atoms with E-state index in [1.165, 1.54) is 0 Å². The van der Waals surface area contributed by atoms with Crippen molar-refractivity contribution in [3.63, 3.8) is 0 Å². The predicted octanol–water partition coefficient (Wildman–Crippen LogP) is 0.838. The lowest BCUT2D eigenvalue weighted by Crippen LogP contribution is -2.26. The Bertz CT molecular complexity index is 163. The van der Waals surface area contributed by atoms with Gasteiger partial charge in [-0.05, 0) is 19.8 Å². The summed E-state index contributed by atoms with van der Waals surface area (Å²) >= 11 is 3.23. The number of hydrogen-bond donors (Lipinski definition) is 1. The van der Waals surface area contributed by atoms with Gasteiger partial charge in [-0.25, -0.2) is 4.79 Å². The molecule has 1 atom stereocenters. The van der Waals surface area contributed by atoms with Gasteiger partial charge in [0, 0.05) is 4.83 Å². The Kier molecular flexibility index (Phi) is 2.54. The van der Waals surface area contributed by atoms with Gasteiger partial charge in [-0.3, -0.25) is 0 Å². The molecule has 0 amide bonds. The van der Waals surface area contributed by atoms with E-state index < -0.39 is 11.6 Å². The van der Waals surface area contributed by atoms with Gasteiger partial charge in [0.2, 0.25) is 0 Å². The first kappa shape index (κ1) is 9.00. The molecule has 1 unspecified atom stereocenters. The van der Waals surface area contributed by atoms with Gasteiger partial charge in [0.1, 0.15) is 6.61 Å². The Hall–Kier alpha value is -0.0900. The maximum atomic E-state index is 10.9. The molecular formula is C7H11BrO3. The summed E-state index contributed by atoms with van der Waals surface area (Å²) in [5.41, 5.74) is -1.14. The van der Waals surface area contributed by atoms with Crippen LogP contribution >= 0.6 is 15.9 Å².